The largest absolute Gasteiger partial charge is 0.462 e. The first kappa shape index (κ1) is 14.6. The number of nitrogen functional groups attached to an aromatic ring is 1. The third-order valence-electron chi connectivity index (χ3n) is 4.07. The van der Waals surface area contributed by atoms with Gasteiger partial charge in [0, 0.05) is 13.1 Å². The number of aromatic nitrogens is 1. The van der Waals surface area contributed by atoms with Crippen LogP contribution in [0.4, 0.5) is 11.5 Å². The van der Waals surface area contributed by atoms with Crippen molar-refractivity contribution in [3.63, 3.8) is 0 Å². The highest BCUT2D eigenvalue weighted by Crippen LogP contribution is 2.27. The SMILES string of the molecule is CCOC(=O)c1cc(N2CCC(C)C(C)C2)ncc1N. The molecule has 2 N–H and O–H groups in total. The summed E-state index contributed by atoms with van der Waals surface area (Å²) in [7, 11) is 0. The van der Waals surface area contributed by atoms with Crippen molar-refractivity contribution in [1.29, 1.82) is 0 Å². The number of anilines is 2. The summed E-state index contributed by atoms with van der Waals surface area (Å²) in [5, 5.41) is 0. The smallest absolute Gasteiger partial charge is 0.340 e. The van der Waals surface area contributed by atoms with E-state index in [-0.39, 0.29) is 5.97 Å². The van der Waals surface area contributed by atoms with E-state index in [1.807, 2.05) is 0 Å². The fraction of sp³-hybridized carbons (Fsp3) is 0.600. The molecule has 1 saturated heterocycles. The maximum Gasteiger partial charge on any atom is 0.340 e. The van der Waals surface area contributed by atoms with Crippen LogP contribution in [0.2, 0.25) is 0 Å². The minimum absolute atomic E-state index is 0.341. The number of carbonyl (C=O) groups is 1. The van der Waals surface area contributed by atoms with Gasteiger partial charge in [0.25, 0.3) is 0 Å². The molecule has 2 unspecified atom stereocenters. The second-order valence-corrected chi connectivity index (χ2v) is 5.54. The van der Waals surface area contributed by atoms with Gasteiger partial charge in [-0.25, -0.2) is 9.78 Å². The summed E-state index contributed by atoms with van der Waals surface area (Å²) in [6.07, 6.45) is 2.69. The Morgan fingerprint density at radius 1 is 1.50 bits per heavy atom. The molecule has 2 heterocycles. The lowest BCUT2D eigenvalue weighted by Crippen LogP contribution is -2.39. The molecule has 2 atom stereocenters. The topological polar surface area (TPSA) is 68.5 Å². The monoisotopic (exact) mass is 277 g/mol. The van der Waals surface area contributed by atoms with Crippen molar-refractivity contribution < 1.29 is 9.53 Å². The summed E-state index contributed by atoms with van der Waals surface area (Å²) in [6, 6.07) is 1.75. The fourth-order valence-corrected chi connectivity index (χ4v) is 2.48. The van der Waals surface area contributed by atoms with E-state index in [4.69, 9.17) is 10.5 Å². The lowest BCUT2D eigenvalue weighted by Gasteiger charge is -2.36. The minimum atomic E-state index is -0.382. The zero-order chi connectivity index (χ0) is 14.7. The molecule has 20 heavy (non-hydrogen) atoms. The standard InChI is InChI=1S/C15H23N3O2/c1-4-20-15(19)12-7-14(17-8-13(12)16)18-6-5-10(2)11(3)9-18/h7-8,10-11H,4-6,9,16H2,1-3H3. The highest BCUT2D eigenvalue weighted by Gasteiger charge is 2.24. The van der Waals surface area contributed by atoms with Crippen molar-refractivity contribution in [2.45, 2.75) is 27.2 Å². The number of hydrogen-bond acceptors (Lipinski definition) is 5. The Morgan fingerprint density at radius 2 is 2.25 bits per heavy atom. The van der Waals surface area contributed by atoms with Crippen molar-refractivity contribution >= 4 is 17.5 Å². The van der Waals surface area contributed by atoms with E-state index in [0.29, 0.717) is 23.8 Å². The summed E-state index contributed by atoms with van der Waals surface area (Å²) < 4.78 is 5.02. The maximum absolute atomic E-state index is 11.9. The van der Waals surface area contributed by atoms with E-state index in [0.717, 1.165) is 31.2 Å². The lowest BCUT2D eigenvalue weighted by molar-refractivity contribution is 0.0527. The Labute approximate surface area is 120 Å². The van der Waals surface area contributed by atoms with Crippen LogP contribution in [-0.4, -0.2) is 30.6 Å². The van der Waals surface area contributed by atoms with Crippen LogP contribution in [0.5, 0.6) is 0 Å². The number of esters is 1. The van der Waals surface area contributed by atoms with Gasteiger partial charge in [-0.05, 0) is 31.2 Å². The number of carbonyl (C=O) groups excluding carboxylic acids is 1. The summed E-state index contributed by atoms with van der Waals surface area (Å²) in [4.78, 5) is 18.4. The van der Waals surface area contributed by atoms with Gasteiger partial charge in [0.05, 0.1) is 24.1 Å². The molecule has 0 aromatic carbocycles. The molecule has 0 saturated carbocycles. The van der Waals surface area contributed by atoms with Gasteiger partial charge in [0.1, 0.15) is 5.82 Å². The van der Waals surface area contributed by atoms with Gasteiger partial charge in [-0.3, -0.25) is 0 Å². The zero-order valence-electron chi connectivity index (χ0n) is 12.4. The molecular formula is C15H23N3O2. The molecule has 1 aliphatic heterocycles. The summed E-state index contributed by atoms with van der Waals surface area (Å²) in [6.45, 7) is 8.58. The van der Waals surface area contributed by atoms with Gasteiger partial charge in [0.15, 0.2) is 0 Å². The first-order valence-electron chi connectivity index (χ1n) is 7.20. The summed E-state index contributed by atoms with van der Waals surface area (Å²) in [5.74, 6) is 1.77. The second kappa shape index (κ2) is 6.11. The first-order chi connectivity index (χ1) is 9.52. The molecule has 0 spiro atoms. The minimum Gasteiger partial charge on any atom is -0.462 e. The van der Waals surface area contributed by atoms with E-state index in [1.165, 1.54) is 0 Å². The number of hydrogen-bond donors (Lipinski definition) is 1. The van der Waals surface area contributed by atoms with Gasteiger partial charge >= 0.3 is 5.97 Å². The van der Waals surface area contributed by atoms with Crippen LogP contribution in [0.1, 0.15) is 37.6 Å². The van der Waals surface area contributed by atoms with Crippen molar-refractivity contribution in [2.24, 2.45) is 11.8 Å². The van der Waals surface area contributed by atoms with E-state index in [1.54, 1.807) is 19.2 Å². The third-order valence-corrected chi connectivity index (χ3v) is 4.07. The average Bonchev–Trinajstić information content (AvgIpc) is 2.42. The molecule has 5 nitrogen and oxygen atoms in total. The molecule has 110 valence electrons. The lowest BCUT2D eigenvalue weighted by atomic mass is 9.89. The van der Waals surface area contributed by atoms with E-state index >= 15 is 0 Å². The number of nitrogens with two attached hydrogens (primary N) is 1. The van der Waals surface area contributed by atoms with Gasteiger partial charge < -0.3 is 15.4 Å². The molecule has 1 aromatic rings. The number of nitrogens with zero attached hydrogens (tertiary/aromatic N) is 2. The number of ether oxygens (including phenoxy) is 1. The predicted octanol–water partition coefficient (Wildman–Crippen LogP) is 2.32. The zero-order valence-corrected chi connectivity index (χ0v) is 12.4. The average molecular weight is 277 g/mol. The first-order valence-corrected chi connectivity index (χ1v) is 7.20. The van der Waals surface area contributed by atoms with Crippen LogP contribution in [0.25, 0.3) is 0 Å². The summed E-state index contributed by atoms with van der Waals surface area (Å²) >= 11 is 0. The Bertz CT molecular complexity index is 490. The van der Waals surface area contributed by atoms with Crippen molar-refractivity contribution in [2.75, 3.05) is 30.3 Å². The quantitative estimate of drug-likeness (QED) is 0.859. The summed E-state index contributed by atoms with van der Waals surface area (Å²) in [5.41, 5.74) is 6.59. The molecule has 0 radical (unpaired) electrons. The maximum atomic E-state index is 11.9. The predicted molar refractivity (Wildman–Crippen MR) is 79.8 cm³/mol. The fourth-order valence-electron chi connectivity index (χ4n) is 2.48. The Hall–Kier alpha value is -1.78. The second-order valence-electron chi connectivity index (χ2n) is 5.54. The molecule has 0 amide bonds. The number of piperidine rings is 1. The van der Waals surface area contributed by atoms with Gasteiger partial charge in [-0.15, -0.1) is 0 Å². The third kappa shape index (κ3) is 3.03. The van der Waals surface area contributed by atoms with Crippen LogP contribution in [0.15, 0.2) is 12.3 Å². The van der Waals surface area contributed by atoms with Crippen LogP contribution >= 0.6 is 0 Å². The van der Waals surface area contributed by atoms with Crippen LogP contribution in [-0.2, 0) is 4.74 Å². The van der Waals surface area contributed by atoms with Crippen LogP contribution < -0.4 is 10.6 Å². The Morgan fingerprint density at radius 3 is 2.90 bits per heavy atom. The molecule has 2 rings (SSSR count). The van der Waals surface area contributed by atoms with Crippen molar-refractivity contribution in [3.05, 3.63) is 17.8 Å². The van der Waals surface area contributed by atoms with E-state index < -0.39 is 0 Å². The molecular weight excluding hydrogens is 254 g/mol. The van der Waals surface area contributed by atoms with E-state index in [9.17, 15) is 4.79 Å². The molecule has 0 aliphatic carbocycles. The van der Waals surface area contributed by atoms with E-state index in [2.05, 4.69) is 23.7 Å². The molecule has 1 aliphatic rings. The molecule has 1 fully saturated rings. The highest BCUT2D eigenvalue weighted by molar-refractivity contribution is 5.95. The Balaban J connectivity index is 2.21. The molecule has 1 aromatic heterocycles. The van der Waals surface area contributed by atoms with Crippen molar-refractivity contribution in [1.82, 2.24) is 4.98 Å². The number of rotatable bonds is 3. The van der Waals surface area contributed by atoms with Gasteiger partial charge in [-0.1, -0.05) is 13.8 Å². The van der Waals surface area contributed by atoms with Crippen LogP contribution in [0.3, 0.4) is 0 Å². The van der Waals surface area contributed by atoms with Crippen molar-refractivity contribution in [3.8, 4) is 0 Å². The molecule has 5 heteroatoms. The molecule has 0 bridgehead atoms. The number of pyridine rings is 1. The van der Waals surface area contributed by atoms with Gasteiger partial charge in [-0.2, -0.15) is 0 Å². The normalized spacial score (nSPS) is 22.6. The highest BCUT2D eigenvalue weighted by atomic mass is 16.5. The Kier molecular flexibility index (Phi) is 4.47. The van der Waals surface area contributed by atoms with Gasteiger partial charge in [0.2, 0.25) is 0 Å². The van der Waals surface area contributed by atoms with Crippen LogP contribution in [0, 0.1) is 11.8 Å².